The number of carbonyl (C=O) groups excluding carboxylic acids is 1. The Bertz CT molecular complexity index is 937. The lowest BCUT2D eigenvalue weighted by atomic mass is 10.1. The normalized spacial score (nSPS) is 15.0. The summed E-state index contributed by atoms with van der Waals surface area (Å²) in [6.45, 7) is 4.65. The van der Waals surface area contributed by atoms with Gasteiger partial charge in [0.1, 0.15) is 5.76 Å². The van der Waals surface area contributed by atoms with Crippen LogP contribution in [-0.2, 0) is 11.3 Å². The molecular formula is C21H25N5O2S2. The van der Waals surface area contributed by atoms with Crippen LogP contribution in [0.25, 0.3) is 0 Å². The van der Waals surface area contributed by atoms with E-state index in [-0.39, 0.29) is 11.2 Å². The Morgan fingerprint density at radius 2 is 2.00 bits per heavy atom. The molecule has 4 rings (SSSR count). The van der Waals surface area contributed by atoms with Gasteiger partial charge in [0.2, 0.25) is 11.0 Å². The summed E-state index contributed by atoms with van der Waals surface area (Å²) in [6, 6.07) is 11.9. The van der Waals surface area contributed by atoms with E-state index in [0.29, 0.717) is 11.7 Å². The Labute approximate surface area is 184 Å². The molecular weight excluding hydrogens is 418 g/mol. The minimum atomic E-state index is -0.280. The van der Waals surface area contributed by atoms with Crippen LogP contribution < -0.4 is 15.5 Å². The number of aromatic nitrogens is 2. The monoisotopic (exact) mass is 443 g/mol. The summed E-state index contributed by atoms with van der Waals surface area (Å²) in [5.41, 5.74) is 2.03. The minimum Gasteiger partial charge on any atom is -0.467 e. The van der Waals surface area contributed by atoms with Crippen molar-refractivity contribution >= 4 is 45.5 Å². The molecule has 158 valence electrons. The fourth-order valence-electron chi connectivity index (χ4n) is 3.26. The number of anilines is 3. The van der Waals surface area contributed by atoms with Gasteiger partial charge in [-0.2, -0.15) is 0 Å². The first kappa shape index (κ1) is 20.7. The number of amides is 1. The quantitative estimate of drug-likeness (QED) is 0.481. The third-order valence-electron chi connectivity index (χ3n) is 4.90. The summed E-state index contributed by atoms with van der Waals surface area (Å²) in [4.78, 5) is 15.0. The van der Waals surface area contributed by atoms with Gasteiger partial charge in [0.25, 0.3) is 0 Å². The summed E-state index contributed by atoms with van der Waals surface area (Å²) in [7, 11) is 0. The van der Waals surface area contributed by atoms with E-state index in [2.05, 4.69) is 37.9 Å². The SMILES string of the molecule is CC(Sc1nnc(NCc2ccco2)s1)C(=O)Nc1ccc(N2CCCCC2)cc1. The van der Waals surface area contributed by atoms with Crippen molar-refractivity contribution in [1.82, 2.24) is 10.2 Å². The zero-order valence-electron chi connectivity index (χ0n) is 16.8. The average Bonchev–Trinajstić information content (AvgIpc) is 3.45. The van der Waals surface area contributed by atoms with Crippen molar-refractivity contribution in [1.29, 1.82) is 0 Å². The molecule has 0 radical (unpaired) electrons. The molecule has 7 nitrogen and oxygen atoms in total. The molecule has 1 aliphatic rings. The number of hydrogen-bond acceptors (Lipinski definition) is 8. The Kier molecular flexibility index (Phi) is 6.91. The lowest BCUT2D eigenvalue weighted by molar-refractivity contribution is -0.115. The summed E-state index contributed by atoms with van der Waals surface area (Å²) in [5.74, 6) is 0.782. The predicted octanol–water partition coefficient (Wildman–Crippen LogP) is 4.85. The molecule has 0 aliphatic carbocycles. The van der Waals surface area contributed by atoms with Crippen LogP contribution in [0.5, 0.6) is 0 Å². The Morgan fingerprint density at radius 1 is 1.20 bits per heavy atom. The molecule has 1 unspecified atom stereocenters. The van der Waals surface area contributed by atoms with Crippen LogP contribution in [0, 0.1) is 0 Å². The average molecular weight is 444 g/mol. The predicted molar refractivity (Wildman–Crippen MR) is 122 cm³/mol. The number of furan rings is 1. The molecule has 1 amide bonds. The van der Waals surface area contributed by atoms with Crippen LogP contribution in [0.2, 0.25) is 0 Å². The summed E-state index contributed by atoms with van der Waals surface area (Å²) < 4.78 is 6.04. The molecule has 1 aliphatic heterocycles. The molecule has 1 aromatic carbocycles. The van der Waals surface area contributed by atoms with E-state index < -0.39 is 0 Å². The number of hydrogen-bond donors (Lipinski definition) is 2. The largest absolute Gasteiger partial charge is 0.467 e. The fraction of sp³-hybridized carbons (Fsp3) is 0.381. The number of carbonyl (C=O) groups is 1. The number of thioether (sulfide) groups is 1. The molecule has 1 saturated heterocycles. The molecule has 3 heterocycles. The van der Waals surface area contributed by atoms with Gasteiger partial charge in [-0.1, -0.05) is 23.1 Å². The van der Waals surface area contributed by atoms with Gasteiger partial charge in [-0.25, -0.2) is 0 Å². The van der Waals surface area contributed by atoms with E-state index in [9.17, 15) is 4.79 Å². The van der Waals surface area contributed by atoms with Crippen LogP contribution in [-0.4, -0.2) is 34.4 Å². The van der Waals surface area contributed by atoms with Gasteiger partial charge < -0.3 is 20.0 Å². The first-order valence-corrected chi connectivity index (χ1v) is 11.8. The van der Waals surface area contributed by atoms with E-state index in [1.165, 1.54) is 48.0 Å². The summed E-state index contributed by atoms with van der Waals surface area (Å²) >= 11 is 2.83. The van der Waals surface area contributed by atoms with Crippen LogP contribution >= 0.6 is 23.1 Å². The molecule has 1 atom stereocenters. The van der Waals surface area contributed by atoms with Gasteiger partial charge in [-0.15, -0.1) is 10.2 Å². The standard InChI is InChI=1S/C21H25N5O2S2/c1-15(29-21-25-24-20(30-21)22-14-18-6-5-13-28-18)19(27)23-16-7-9-17(10-8-16)26-11-3-2-4-12-26/h5-10,13,15H,2-4,11-12,14H2,1H3,(H,22,24)(H,23,27). The molecule has 2 aromatic heterocycles. The van der Waals surface area contributed by atoms with Crippen LogP contribution in [0.4, 0.5) is 16.5 Å². The maximum atomic E-state index is 12.6. The van der Waals surface area contributed by atoms with E-state index in [1.807, 2.05) is 31.2 Å². The zero-order chi connectivity index (χ0) is 20.8. The van der Waals surface area contributed by atoms with Crippen molar-refractivity contribution < 1.29 is 9.21 Å². The number of nitrogens with zero attached hydrogens (tertiary/aromatic N) is 3. The molecule has 0 saturated carbocycles. The first-order valence-electron chi connectivity index (χ1n) is 10.1. The minimum absolute atomic E-state index is 0.0500. The fourth-order valence-corrected chi connectivity index (χ4v) is 5.15. The highest BCUT2D eigenvalue weighted by atomic mass is 32.2. The van der Waals surface area contributed by atoms with Crippen molar-refractivity contribution in [2.75, 3.05) is 28.6 Å². The first-order chi connectivity index (χ1) is 14.7. The molecule has 0 bridgehead atoms. The Morgan fingerprint density at radius 3 is 2.73 bits per heavy atom. The molecule has 0 spiro atoms. The van der Waals surface area contributed by atoms with E-state index >= 15 is 0 Å². The Balaban J connectivity index is 1.26. The van der Waals surface area contributed by atoms with Crippen molar-refractivity contribution in [3.8, 4) is 0 Å². The van der Waals surface area contributed by atoms with Gasteiger partial charge in [0.15, 0.2) is 4.34 Å². The Hall–Kier alpha value is -2.52. The number of rotatable bonds is 8. The van der Waals surface area contributed by atoms with Crippen LogP contribution in [0.15, 0.2) is 51.4 Å². The van der Waals surface area contributed by atoms with Crippen LogP contribution in [0.3, 0.4) is 0 Å². The summed E-state index contributed by atoms with van der Waals surface area (Å²) in [5, 5.41) is 14.9. The second-order valence-electron chi connectivity index (χ2n) is 7.15. The molecule has 2 N–H and O–H groups in total. The zero-order valence-corrected chi connectivity index (χ0v) is 18.5. The van der Waals surface area contributed by atoms with Gasteiger partial charge in [-0.05, 0) is 62.6 Å². The maximum Gasteiger partial charge on any atom is 0.237 e. The van der Waals surface area contributed by atoms with E-state index in [1.54, 1.807) is 6.26 Å². The maximum absolute atomic E-state index is 12.6. The smallest absolute Gasteiger partial charge is 0.237 e. The highest BCUT2D eigenvalue weighted by molar-refractivity contribution is 8.02. The lowest BCUT2D eigenvalue weighted by Gasteiger charge is -2.28. The number of benzene rings is 1. The highest BCUT2D eigenvalue weighted by Gasteiger charge is 2.18. The highest BCUT2D eigenvalue weighted by Crippen LogP contribution is 2.30. The van der Waals surface area contributed by atoms with Crippen molar-refractivity contribution in [2.24, 2.45) is 0 Å². The van der Waals surface area contributed by atoms with E-state index in [4.69, 9.17) is 4.42 Å². The van der Waals surface area contributed by atoms with Gasteiger partial charge in [-0.3, -0.25) is 4.79 Å². The molecule has 9 heteroatoms. The van der Waals surface area contributed by atoms with Crippen molar-refractivity contribution in [3.63, 3.8) is 0 Å². The molecule has 3 aromatic rings. The third-order valence-corrected chi connectivity index (χ3v) is 6.97. The van der Waals surface area contributed by atoms with Crippen molar-refractivity contribution in [2.45, 2.75) is 42.3 Å². The third kappa shape index (κ3) is 5.54. The topological polar surface area (TPSA) is 83.3 Å². The molecule has 1 fully saturated rings. The number of nitrogens with one attached hydrogen (secondary N) is 2. The van der Waals surface area contributed by atoms with Crippen LogP contribution in [0.1, 0.15) is 31.9 Å². The second-order valence-corrected chi connectivity index (χ2v) is 9.72. The van der Waals surface area contributed by atoms with Gasteiger partial charge in [0.05, 0.1) is 18.1 Å². The van der Waals surface area contributed by atoms with Gasteiger partial charge >= 0.3 is 0 Å². The van der Waals surface area contributed by atoms with Crippen molar-refractivity contribution in [3.05, 3.63) is 48.4 Å². The van der Waals surface area contributed by atoms with Gasteiger partial charge in [0, 0.05) is 24.5 Å². The second kappa shape index (κ2) is 9.99. The van der Waals surface area contributed by atoms with E-state index in [0.717, 1.165) is 28.9 Å². The lowest BCUT2D eigenvalue weighted by Crippen LogP contribution is -2.29. The molecule has 30 heavy (non-hydrogen) atoms. The summed E-state index contributed by atoms with van der Waals surface area (Å²) in [6.07, 6.45) is 5.45. The number of piperidine rings is 1.